The van der Waals surface area contributed by atoms with Crippen LogP contribution in [-0.2, 0) is 16.0 Å². The highest BCUT2D eigenvalue weighted by atomic mass is 16.5. The molecule has 0 aliphatic carbocycles. The number of amides is 1. The number of aliphatic carboxylic acids is 1. The van der Waals surface area contributed by atoms with Gasteiger partial charge in [0, 0.05) is 11.8 Å². The molecule has 2 aromatic carbocycles. The summed E-state index contributed by atoms with van der Waals surface area (Å²) in [5, 5.41) is 18.5. The molecule has 1 aromatic heterocycles. The maximum Gasteiger partial charge on any atom is 0.341 e. The Balaban J connectivity index is 1.54. The van der Waals surface area contributed by atoms with Crippen LogP contribution in [0.25, 0.3) is 11.1 Å². The third-order valence-corrected chi connectivity index (χ3v) is 4.92. The van der Waals surface area contributed by atoms with E-state index in [2.05, 4.69) is 15.5 Å². The molecule has 0 bridgehead atoms. The Bertz CT molecular complexity index is 1080. The number of rotatable bonds is 6. The van der Waals surface area contributed by atoms with Crippen LogP contribution in [0.5, 0.6) is 11.5 Å². The molecule has 3 N–H and O–H groups in total. The van der Waals surface area contributed by atoms with Gasteiger partial charge in [0.25, 0.3) is 0 Å². The van der Waals surface area contributed by atoms with E-state index < -0.39 is 12.6 Å². The third-order valence-electron chi connectivity index (χ3n) is 4.92. The first-order chi connectivity index (χ1) is 14.5. The molecule has 8 nitrogen and oxygen atoms in total. The smallest absolute Gasteiger partial charge is 0.341 e. The number of H-pyrrole nitrogens is 1. The normalized spacial score (nSPS) is 15.0. The van der Waals surface area contributed by atoms with Gasteiger partial charge >= 0.3 is 5.97 Å². The van der Waals surface area contributed by atoms with Crippen molar-refractivity contribution in [2.24, 2.45) is 5.92 Å². The molecule has 0 radical (unpaired) electrons. The molecule has 3 aromatic rings. The standard InChI is InChI=1S/C22H21N3O5/c1-13-2-5-19-15(6-13)7-16(11-29-19)22(28)25-18-4-3-14(17-9-23-24-10-17)8-20(18)30-12-21(26)27/h2-6,8-10,16H,7,11-12H2,1H3,(H,23,24)(H,25,28)(H,26,27). The van der Waals surface area contributed by atoms with Gasteiger partial charge in [0.2, 0.25) is 5.91 Å². The van der Waals surface area contributed by atoms with E-state index in [1.165, 1.54) is 0 Å². The van der Waals surface area contributed by atoms with E-state index in [1.54, 1.807) is 24.5 Å². The van der Waals surface area contributed by atoms with Gasteiger partial charge in [0.15, 0.2) is 6.61 Å². The SMILES string of the molecule is Cc1ccc2c(c1)CC(C(=O)Nc1ccc(-c3cn[nH]c3)cc1OCC(=O)O)CO2. The fourth-order valence-electron chi connectivity index (χ4n) is 3.40. The minimum atomic E-state index is -1.10. The molecular formula is C22H21N3O5. The number of aryl methyl sites for hydroxylation is 1. The minimum Gasteiger partial charge on any atom is -0.492 e. The number of hydrogen-bond acceptors (Lipinski definition) is 5. The molecule has 154 valence electrons. The van der Waals surface area contributed by atoms with E-state index in [0.29, 0.717) is 12.1 Å². The van der Waals surface area contributed by atoms with E-state index in [0.717, 1.165) is 28.0 Å². The van der Waals surface area contributed by atoms with Gasteiger partial charge in [-0.3, -0.25) is 9.89 Å². The summed E-state index contributed by atoms with van der Waals surface area (Å²) < 4.78 is 11.2. The van der Waals surface area contributed by atoms with Gasteiger partial charge in [-0.05, 0) is 42.7 Å². The van der Waals surface area contributed by atoms with Crippen LogP contribution in [0.3, 0.4) is 0 Å². The first-order valence-corrected chi connectivity index (χ1v) is 9.50. The zero-order chi connectivity index (χ0) is 21.1. The van der Waals surface area contributed by atoms with Gasteiger partial charge in [0.1, 0.15) is 18.1 Å². The topological polar surface area (TPSA) is 114 Å². The quantitative estimate of drug-likeness (QED) is 0.579. The van der Waals surface area contributed by atoms with Crippen LogP contribution in [0.4, 0.5) is 5.69 Å². The zero-order valence-electron chi connectivity index (χ0n) is 16.3. The van der Waals surface area contributed by atoms with Crippen molar-refractivity contribution in [2.75, 3.05) is 18.5 Å². The molecule has 0 saturated heterocycles. The number of fused-ring (bicyclic) bond motifs is 1. The second-order valence-corrected chi connectivity index (χ2v) is 7.19. The first kappa shape index (κ1) is 19.5. The molecule has 0 spiro atoms. The van der Waals surface area contributed by atoms with Crippen LogP contribution in [0.1, 0.15) is 11.1 Å². The van der Waals surface area contributed by atoms with Gasteiger partial charge in [-0.15, -0.1) is 0 Å². The van der Waals surface area contributed by atoms with Crippen molar-refractivity contribution in [1.82, 2.24) is 10.2 Å². The number of aromatic nitrogens is 2. The van der Waals surface area contributed by atoms with E-state index in [4.69, 9.17) is 14.6 Å². The summed E-state index contributed by atoms with van der Waals surface area (Å²) in [7, 11) is 0. The molecule has 8 heteroatoms. The Morgan fingerprint density at radius 1 is 1.27 bits per heavy atom. The maximum absolute atomic E-state index is 12.9. The molecule has 2 heterocycles. The number of carboxylic acid groups (broad SMARTS) is 1. The van der Waals surface area contributed by atoms with Gasteiger partial charge in [-0.1, -0.05) is 23.8 Å². The number of hydrogen-bond donors (Lipinski definition) is 3. The van der Waals surface area contributed by atoms with E-state index >= 15 is 0 Å². The molecule has 1 unspecified atom stereocenters. The lowest BCUT2D eigenvalue weighted by Crippen LogP contribution is -2.32. The largest absolute Gasteiger partial charge is 0.492 e. The lowest BCUT2D eigenvalue weighted by atomic mass is 9.94. The van der Waals surface area contributed by atoms with Crippen molar-refractivity contribution < 1.29 is 24.2 Å². The van der Waals surface area contributed by atoms with Gasteiger partial charge < -0.3 is 19.9 Å². The first-order valence-electron chi connectivity index (χ1n) is 9.50. The van der Waals surface area contributed by atoms with Gasteiger partial charge in [0.05, 0.1) is 17.8 Å². The summed E-state index contributed by atoms with van der Waals surface area (Å²) in [5.74, 6) is -0.593. The molecule has 1 atom stereocenters. The fraction of sp³-hybridized carbons (Fsp3) is 0.227. The van der Waals surface area contributed by atoms with Crippen molar-refractivity contribution in [3.63, 3.8) is 0 Å². The van der Waals surface area contributed by atoms with Crippen molar-refractivity contribution >= 4 is 17.6 Å². The minimum absolute atomic E-state index is 0.210. The lowest BCUT2D eigenvalue weighted by Gasteiger charge is -2.25. The van der Waals surface area contributed by atoms with Gasteiger partial charge in [-0.2, -0.15) is 5.10 Å². The molecule has 30 heavy (non-hydrogen) atoms. The van der Waals surface area contributed by atoms with E-state index in [1.807, 2.05) is 31.2 Å². The number of nitrogens with one attached hydrogen (secondary N) is 2. The van der Waals surface area contributed by atoms with Crippen molar-refractivity contribution in [3.05, 3.63) is 59.9 Å². The average Bonchev–Trinajstić information content (AvgIpc) is 3.27. The number of carbonyl (C=O) groups is 2. The number of benzene rings is 2. The highest BCUT2D eigenvalue weighted by Gasteiger charge is 2.27. The molecule has 1 amide bonds. The number of carboxylic acids is 1. The summed E-state index contributed by atoms with van der Waals surface area (Å²) in [4.78, 5) is 23.9. The monoisotopic (exact) mass is 407 g/mol. The summed E-state index contributed by atoms with van der Waals surface area (Å²) in [6.45, 7) is 1.76. The second kappa shape index (κ2) is 8.28. The Morgan fingerprint density at radius 3 is 2.90 bits per heavy atom. The lowest BCUT2D eigenvalue weighted by molar-refractivity contribution is -0.139. The number of anilines is 1. The Hall–Kier alpha value is -3.81. The van der Waals surface area contributed by atoms with Gasteiger partial charge in [-0.25, -0.2) is 4.79 Å². The van der Waals surface area contributed by atoms with Crippen molar-refractivity contribution in [3.8, 4) is 22.6 Å². The molecular weight excluding hydrogens is 386 g/mol. The molecule has 4 rings (SSSR count). The number of aromatic amines is 1. The summed E-state index contributed by atoms with van der Waals surface area (Å²) in [6.07, 6.45) is 3.93. The molecule has 0 saturated carbocycles. The summed E-state index contributed by atoms with van der Waals surface area (Å²) in [6, 6.07) is 11.1. The van der Waals surface area contributed by atoms with Crippen molar-refractivity contribution in [1.29, 1.82) is 0 Å². The van der Waals surface area contributed by atoms with E-state index in [9.17, 15) is 9.59 Å². The predicted octanol–water partition coefficient (Wildman–Crippen LogP) is 3.04. The number of nitrogens with zero attached hydrogens (tertiary/aromatic N) is 1. The molecule has 0 fully saturated rings. The Kier molecular flexibility index (Phi) is 5.38. The number of ether oxygens (including phenoxy) is 2. The predicted molar refractivity (Wildman–Crippen MR) is 110 cm³/mol. The highest BCUT2D eigenvalue weighted by Crippen LogP contribution is 2.33. The van der Waals surface area contributed by atoms with Crippen LogP contribution in [0, 0.1) is 12.8 Å². The average molecular weight is 407 g/mol. The second-order valence-electron chi connectivity index (χ2n) is 7.19. The molecule has 1 aliphatic rings. The van der Waals surface area contributed by atoms with Crippen LogP contribution in [0.15, 0.2) is 48.8 Å². The fourth-order valence-corrected chi connectivity index (χ4v) is 3.40. The third kappa shape index (κ3) is 4.27. The highest BCUT2D eigenvalue weighted by molar-refractivity contribution is 5.95. The van der Waals surface area contributed by atoms with Crippen LogP contribution in [0.2, 0.25) is 0 Å². The van der Waals surface area contributed by atoms with Crippen LogP contribution >= 0.6 is 0 Å². The molecule has 1 aliphatic heterocycles. The number of carbonyl (C=O) groups excluding carboxylic acids is 1. The van der Waals surface area contributed by atoms with Crippen LogP contribution in [-0.4, -0.2) is 40.4 Å². The Labute approximate surface area is 172 Å². The summed E-state index contributed by atoms with van der Waals surface area (Å²) in [5.41, 5.74) is 4.12. The maximum atomic E-state index is 12.9. The van der Waals surface area contributed by atoms with E-state index in [-0.39, 0.29) is 24.2 Å². The summed E-state index contributed by atoms with van der Waals surface area (Å²) >= 11 is 0. The zero-order valence-corrected chi connectivity index (χ0v) is 16.3. The Morgan fingerprint density at radius 2 is 2.13 bits per heavy atom. The van der Waals surface area contributed by atoms with Crippen molar-refractivity contribution in [2.45, 2.75) is 13.3 Å². The van der Waals surface area contributed by atoms with Crippen LogP contribution < -0.4 is 14.8 Å².